The number of hydrogen-bond donors (Lipinski definition) is 0. The van der Waals surface area contributed by atoms with Gasteiger partial charge in [-0.3, -0.25) is 0 Å². The highest BCUT2D eigenvalue weighted by Gasteiger charge is 2.35. The van der Waals surface area contributed by atoms with Crippen molar-refractivity contribution in [1.29, 1.82) is 0 Å². The van der Waals surface area contributed by atoms with E-state index in [1.54, 1.807) is 19.1 Å². The van der Waals surface area contributed by atoms with E-state index in [9.17, 15) is 18.0 Å². The van der Waals surface area contributed by atoms with Gasteiger partial charge < -0.3 is 4.74 Å². The van der Waals surface area contributed by atoms with Crippen LogP contribution in [0.25, 0.3) is 16.9 Å². The Balaban J connectivity index is 2.15. The van der Waals surface area contributed by atoms with Crippen molar-refractivity contribution in [2.24, 2.45) is 0 Å². The first-order valence-electron chi connectivity index (χ1n) is 8.46. The van der Waals surface area contributed by atoms with Crippen LogP contribution in [0.15, 0.2) is 36.4 Å². The van der Waals surface area contributed by atoms with Crippen molar-refractivity contribution in [2.75, 3.05) is 6.61 Å². The number of hydrogen-bond acceptors (Lipinski definition) is 4. The predicted molar refractivity (Wildman–Crippen MR) is 93.5 cm³/mol. The maximum atomic E-state index is 13.5. The van der Waals surface area contributed by atoms with E-state index in [0.717, 1.165) is 11.6 Å². The lowest BCUT2D eigenvalue weighted by Gasteiger charge is -2.11. The average molecular weight is 377 g/mol. The molecule has 0 saturated heterocycles. The van der Waals surface area contributed by atoms with Gasteiger partial charge in [-0.2, -0.15) is 18.3 Å². The summed E-state index contributed by atoms with van der Waals surface area (Å²) in [5, 5.41) is 3.73. The monoisotopic (exact) mass is 377 g/mol. The van der Waals surface area contributed by atoms with Crippen molar-refractivity contribution < 1.29 is 22.7 Å². The van der Waals surface area contributed by atoms with Crippen molar-refractivity contribution in [3.63, 3.8) is 0 Å². The van der Waals surface area contributed by atoms with E-state index in [4.69, 9.17) is 4.74 Å². The number of aromatic nitrogens is 3. The lowest BCUT2D eigenvalue weighted by Crippen LogP contribution is -2.14. The summed E-state index contributed by atoms with van der Waals surface area (Å²) in [5.74, 6) is -0.485. The summed E-state index contributed by atoms with van der Waals surface area (Å²) in [6.45, 7) is 5.76. The second kappa shape index (κ2) is 7.02. The summed E-state index contributed by atoms with van der Waals surface area (Å²) in [6, 6.07) is 9.31. The minimum Gasteiger partial charge on any atom is -0.461 e. The van der Waals surface area contributed by atoms with Crippen LogP contribution in [0, 0.1) is 0 Å². The molecule has 142 valence electrons. The Bertz CT molecular complexity index is 976. The molecule has 0 aliphatic rings. The van der Waals surface area contributed by atoms with Gasteiger partial charge >= 0.3 is 12.1 Å². The Labute approximate surface area is 153 Å². The van der Waals surface area contributed by atoms with Crippen LogP contribution < -0.4 is 0 Å². The highest BCUT2D eigenvalue weighted by Crippen LogP contribution is 2.32. The Morgan fingerprint density at radius 1 is 1.19 bits per heavy atom. The molecule has 0 N–H and O–H groups in total. The maximum Gasteiger partial charge on any atom is 0.433 e. The molecule has 3 aromatic rings. The average Bonchev–Trinajstić information content (AvgIpc) is 3.04. The number of halogens is 3. The molecule has 8 heteroatoms. The SMILES string of the molecule is CCOC(=O)c1cc2nc(-c3ccc(C(C)C)cc3)cc(C(F)(F)F)n2n1. The molecule has 0 fully saturated rings. The third kappa shape index (κ3) is 3.79. The van der Waals surface area contributed by atoms with E-state index >= 15 is 0 Å². The molecule has 0 saturated carbocycles. The molecule has 0 aliphatic carbocycles. The van der Waals surface area contributed by atoms with Crippen LogP contribution in [0.4, 0.5) is 13.2 Å². The van der Waals surface area contributed by atoms with Gasteiger partial charge in [0.15, 0.2) is 17.0 Å². The molecule has 5 nitrogen and oxygen atoms in total. The van der Waals surface area contributed by atoms with Gasteiger partial charge in [0.2, 0.25) is 0 Å². The quantitative estimate of drug-likeness (QED) is 0.618. The summed E-state index contributed by atoms with van der Waals surface area (Å²) in [7, 11) is 0. The van der Waals surface area contributed by atoms with Crippen LogP contribution >= 0.6 is 0 Å². The first kappa shape index (κ1) is 18.9. The number of carbonyl (C=O) groups excluding carboxylic acids is 1. The number of alkyl halides is 3. The Morgan fingerprint density at radius 3 is 2.41 bits per heavy atom. The minimum atomic E-state index is -4.66. The van der Waals surface area contributed by atoms with Gasteiger partial charge in [-0.15, -0.1) is 0 Å². The fourth-order valence-corrected chi connectivity index (χ4v) is 2.67. The first-order valence-corrected chi connectivity index (χ1v) is 8.46. The molecule has 2 aromatic heterocycles. The molecular formula is C19H18F3N3O2. The van der Waals surface area contributed by atoms with Gasteiger partial charge in [0.05, 0.1) is 12.3 Å². The molecule has 3 rings (SSSR count). The van der Waals surface area contributed by atoms with Crippen molar-refractivity contribution in [3.05, 3.63) is 53.3 Å². The Hall–Kier alpha value is -2.90. The highest BCUT2D eigenvalue weighted by molar-refractivity contribution is 5.88. The highest BCUT2D eigenvalue weighted by atomic mass is 19.4. The summed E-state index contributed by atoms with van der Waals surface area (Å²) >= 11 is 0. The lowest BCUT2D eigenvalue weighted by atomic mass is 10.0. The fourth-order valence-electron chi connectivity index (χ4n) is 2.67. The number of carbonyl (C=O) groups is 1. The van der Waals surface area contributed by atoms with Crippen molar-refractivity contribution >= 4 is 11.6 Å². The maximum absolute atomic E-state index is 13.5. The number of fused-ring (bicyclic) bond motifs is 1. The molecular weight excluding hydrogens is 359 g/mol. The number of rotatable bonds is 4. The molecule has 0 spiro atoms. The van der Waals surface area contributed by atoms with Crippen molar-refractivity contribution in [1.82, 2.24) is 14.6 Å². The minimum absolute atomic E-state index is 0.0733. The van der Waals surface area contributed by atoms with E-state index in [-0.39, 0.29) is 23.6 Å². The van der Waals surface area contributed by atoms with Gasteiger partial charge in [-0.25, -0.2) is 14.3 Å². The molecule has 0 amide bonds. The van der Waals surface area contributed by atoms with Crippen LogP contribution in [0.3, 0.4) is 0 Å². The zero-order valence-corrected chi connectivity index (χ0v) is 15.0. The van der Waals surface area contributed by atoms with Gasteiger partial charge in [0.25, 0.3) is 0 Å². The Morgan fingerprint density at radius 2 is 1.85 bits per heavy atom. The van der Waals surface area contributed by atoms with Crippen LogP contribution in [0.2, 0.25) is 0 Å². The fraction of sp³-hybridized carbons (Fsp3) is 0.316. The molecule has 0 unspecified atom stereocenters. The third-order valence-electron chi connectivity index (χ3n) is 4.08. The van der Waals surface area contributed by atoms with E-state index in [1.165, 1.54) is 6.07 Å². The standard InChI is InChI=1S/C19H18F3N3O2/c1-4-27-18(26)15-10-17-23-14(9-16(19(20,21)22)25(17)24-15)13-7-5-12(6-8-13)11(2)3/h5-11H,4H2,1-3H3. The number of esters is 1. The van der Waals surface area contributed by atoms with Crippen LogP contribution in [-0.4, -0.2) is 27.2 Å². The van der Waals surface area contributed by atoms with Gasteiger partial charge in [0.1, 0.15) is 0 Å². The van der Waals surface area contributed by atoms with E-state index < -0.39 is 17.8 Å². The third-order valence-corrected chi connectivity index (χ3v) is 4.08. The zero-order chi connectivity index (χ0) is 19.8. The van der Waals surface area contributed by atoms with E-state index in [0.29, 0.717) is 16.0 Å². The van der Waals surface area contributed by atoms with Crippen LogP contribution in [0.5, 0.6) is 0 Å². The Kier molecular flexibility index (Phi) is 4.91. The van der Waals surface area contributed by atoms with Crippen LogP contribution in [-0.2, 0) is 10.9 Å². The number of benzene rings is 1. The topological polar surface area (TPSA) is 56.5 Å². The van der Waals surface area contributed by atoms with E-state index in [1.807, 2.05) is 26.0 Å². The second-order valence-corrected chi connectivity index (χ2v) is 6.32. The number of ether oxygens (including phenoxy) is 1. The van der Waals surface area contributed by atoms with Gasteiger partial charge in [-0.05, 0) is 24.5 Å². The molecule has 0 radical (unpaired) electrons. The molecule has 0 bridgehead atoms. The predicted octanol–water partition coefficient (Wildman–Crippen LogP) is 4.72. The second-order valence-electron chi connectivity index (χ2n) is 6.32. The summed E-state index contributed by atoms with van der Waals surface area (Å²) in [5.41, 5.74) is 0.473. The molecule has 2 heterocycles. The normalized spacial score (nSPS) is 12.0. The summed E-state index contributed by atoms with van der Waals surface area (Å²) < 4.78 is 46.0. The molecule has 27 heavy (non-hydrogen) atoms. The van der Waals surface area contributed by atoms with Crippen LogP contribution in [0.1, 0.15) is 48.4 Å². The van der Waals surface area contributed by atoms with E-state index in [2.05, 4.69) is 10.1 Å². The molecule has 0 aliphatic heterocycles. The first-order chi connectivity index (χ1) is 12.7. The smallest absolute Gasteiger partial charge is 0.433 e. The van der Waals surface area contributed by atoms with Gasteiger partial charge in [0, 0.05) is 11.6 Å². The molecule has 0 atom stereocenters. The number of nitrogens with zero attached hydrogens (tertiary/aromatic N) is 3. The van der Waals surface area contributed by atoms with Gasteiger partial charge in [-0.1, -0.05) is 38.1 Å². The van der Waals surface area contributed by atoms with Crippen molar-refractivity contribution in [2.45, 2.75) is 32.9 Å². The summed E-state index contributed by atoms with van der Waals surface area (Å²) in [6.07, 6.45) is -4.66. The largest absolute Gasteiger partial charge is 0.461 e. The summed E-state index contributed by atoms with van der Waals surface area (Å²) in [4.78, 5) is 16.1. The zero-order valence-electron chi connectivity index (χ0n) is 15.0. The lowest BCUT2D eigenvalue weighted by molar-refractivity contribution is -0.142. The van der Waals surface area contributed by atoms with Crippen molar-refractivity contribution in [3.8, 4) is 11.3 Å². The molecule has 1 aromatic carbocycles.